The zero-order valence-corrected chi connectivity index (χ0v) is 21.0. The number of allylic oxidation sites excluding steroid dienone is 2. The van der Waals surface area contributed by atoms with Crippen LogP contribution in [-0.2, 0) is 6.42 Å². The number of nitrogens with zero attached hydrogens (tertiary/aromatic N) is 2. The van der Waals surface area contributed by atoms with E-state index in [0.717, 1.165) is 22.5 Å². The predicted octanol–water partition coefficient (Wildman–Crippen LogP) is 6.10. The van der Waals surface area contributed by atoms with Gasteiger partial charge in [-0.2, -0.15) is 18.3 Å². The van der Waals surface area contributed by atoms with Crippen molar-refractivity contribution < 1.29 is 22.4 Å². The molecule has 2 aromatic rings. The maximum Gasteiger partial charge on any atom is 0.394 e. The van der Waals surface area contributed by atoms with E-state index in [4.69, 9.17) is 0 Å². The zero-order chi connectivity index (χ0) is 26.4. The molecule has 5 nitrogen and oxygen atoms in total. The molecule has 2 amide bonds. The first kappa shape index (κ1) is 24.2. The Kier molecular flexibility index (Phi) is 5.05. The van der Waals surface area contributed by atoms with Crippen LogP contribution in [0.2, 0.25) is 0 Å². The smallest absolute Gasteiger partial charge is 0.336 e. The standard InChI is InChI=1S/C28H30F4N4O/c1-16(2)34-24(37)35-27-15-26(27)11-10-18-12-21-17(14-33-36(21)20-6-4-19(29)5-7-20)13-25(18,3)22(26)8-9-23(27)28(30,31)32/h4-8,12,14,16,23H,9-11,13,15H2,1-3H3,(H2,34,35,37)/t23-,25+,26-,27-/m1/s1. The molecular formula is C28H30F4N4O. The summed E-state index contributed by atoms with van der Waals surface area (Å²) in [7, 11) is 0. The summed E-state index contributed by atoms with van der Waals surface area (Å²) in [5.41, 5.74) is 2.37. The fourth-order valence-corrected chi connectivity index (χ4v) is 7.47. The van der Waals surface area contributed by atoms with Gasteiger partial charge in [-0.3, -0.25) is 0 Å². The molecule has 1 heterocycles. The largest absolute Gasteiger partial charge is 0.394 e. The first-order valence-corrected chi connectivity index (χ1v) is 12.8. The highest BCUT2D eigenvalue weighted by Gasteiger charge is 2.80. The molecule has 2 saturated carbocycles. The normalized spacial score (nSPS) is 31.8. The van der Waals surface area contributed by atoms with Crippen molar-refractivity contribution in [2.24, 2.45) is 16.7 Å². The van der Waals surface area contributed by atoms with Gasteiger partial charge in [0.2, 0.25) is 0 Å². The molecule has 37 heavy (non-hydrogen) atoms. The van der Waals surface area contributed by atoms with Crippen LogP contribution in [0.1, 0.15) is 57.7 Å². The molecule has 0 aliphatic heterocycles. The van der Waals surface area contributed by atoms with Crippen LogP contribution in [0, 0.1) is 22.6 Å². The van der Waals surface area contributed by atoms with Gasteiger partial charge in [0.25, 0.3) is 0 Å². The summed E-state index contributed by atoms with van der Waals surface area (Å²) in [5, 5.41) is 10.1. The minimum absolute atomic E-state index is 0.146. The molecule has 2 N–H and O–H groups in total. The third-order valence-corrected chi connectivity index (χ3v) is 9.07. The van der Waals surface area contributed by atoms with Gasteiger partial charge in [-0.25, -0.2) is 13.9 Å². The van der Waals surface area contributed by atoms with Crippen molar-refractivity contribution in [3.8, 4) is 5.69 Å². The number of amides is 2. The van der Waals surface area contributed by atoms with Crippen LogP contribution < -0.4 is 10.6 Å². The van der Waals surface area contributed by atoms with Crippen molar-refractivity contribution >= 4 is 12.1 Å². The summed E-state index contributed by atoms with van der Waals surface area (Å²) >= 11 is 0. The third kappa shape index (κ3) is 3.42. The highest BCUT2D eigenvalue weighted by atomic mass is 19.4. The SMILES string of the molecule is CC(C)NC(=O)N[C@@]12C[C@@]13CCC1=Cc4c(cnn4-c4ccc(F)cc4)C[C@]1(C)C3=CC[C@H]2C(F)(F)F. The van der Waals surface area contributed by atoms with E-state index in [1.54, 1.807) is 36.9 Å². The fraction of sp³-hybridized carbons (Fsp3) is 0.500. The van der Waals surface area contributed by atoms with E-state index in [0.29, 0.717) is 25.7 Å². The van der Waals surface area contributed by atoms with Crippen molar-refractivity contribution in [3.63, 3.8) is 0 Å². The monoisotopic (exact) mass is 514 g/mol. The number of hydrogen-bond donors (Lipinski definition) is 2. The summed E-state index contributed by atoms with van der Waals surface area (Å²) in [4.78, 5) is 12.7. The fourth-order valence-electron chi connectivity index (χ4n) is 7.47. The van der Waals surface area contributed by atoms with Gasteiger partial charge < -0.3 is 10.6 Å². The predicted molar refractivity (Wildman–Crippen MR) is 131 cm³/mol. The molecular weight excluding hydrogens is 484 g/mol. The lowest BCUT2D eigenvalue weighted by atomic mass is 9.55. The molecule has 0 saturated heterocycles. The quantitative estimate of drug-likeness (QED) is 0.384. The number of carbonyl (C=O) groups excluding carboxylic acids is 1. The summed E-state index contributed by atoms with van der Waals surface area (Å²) in [6, 6.07) is 5.43. The highest BCUT2D eigenvalue weighted by Crippen LogP contribution is 2.77. The molecule has 6 rings (SSSR count). The minimum Gasteiger partial charge on any atom is -0.336 e. The lowest BCUT2D eigenvalue weighted by Gasteiger charge is -2.51. The van der Waals surface area contributed by atoms with Crippen LogP contribution >= 0.6 is 0 Å². The lowest BCUT2D eigenvalue weighted by molar-refractivity contribution is -0.188. The number of benzene rings is 1. The maximum absolute atomic E-state index is 14.3. The van der Waals surface area contributed by atoms with Gasteiger partial charge in [0, 0.05) is 16.9 Å². The Labute approximate surface area is 213 Å². The Balaban J connectivity index is 1.39. The van der Waals surface area contributed by atoms with E-state index in [2.05, 4.69) is 28.7 Å². The topological polar surface area (TPSA) is 59.0 Å². The van der Waals surface area contributed by atoms with Gasteiger partial charge in [0.05, 0.1) is 29.0 Å². The number of halogens is 4. The molecule has 0 unspecified atom stereocenters. The third-order valence-electron chi connectivity index (χ3n) is 9.07. The van der Waals surface area contributed by atoms with Gasteiger partial charge in [-0.1, -0.05) is 24.1 Å². The Morgan fingerprint density at radius 2 is 1.95 bits per heavy atom. The van der Waals surface area contributed by atoms with Crippen LogP contribution in [0.3, 0.4) is 0 Å². The molecule has 1 aromatic carbocycles. The lowest BCUT2D eigenvalue weighted by Crippen LogP contribution is -2.58. The second-order valence-electron chi connectivity index (χ2n) is 11.6. The van der Waals surface area contributed by atoms with E-state index in [-0.39, 0.29) is 18.3 Å². The molecule has 0 bridgehead atoms. The summed E-state index contributed by atoms with van der Waals surface area (Å²) < 4.78 is 58.2. The number of fused-ring (bicyclic) bond motifs is 3. The number of carbonyl (C=O) groups is 1. The Morgan fingerprint density at radius 3 is 2.62 bits per heavy atom. The van der Waals surface area contributed by atoms with Gasteiger partial charge in [-0.15, -0.1) is 0 Å². The average molecular weight is 515 g/mol. The van der Waals surface area contributed by atoms with Crippen LogP contribution in [0.5, 0.6) is 0 Å². The summed E-state index contributed by atoms with van der Waals surface area (Å²) in [6.45, 7) is 5.70. The van der Waals surface area contributed by atoms with E-state index < -0.39 is 34.5 Å². The number of nitrogens with one attached hydrogen (secondary N) is 2. The second-order valence-corrected chi connectivity index (χ2v) is 11.6. The van der Waals surface area contributed by atoms with E-state index in [9.17, 15) is 22.4 Å². The van der Waals surface area contributed by atoms with Crippen LogP contribution in [0.4, 0.5) is 22.4 Å². The molecule has 2 fully saturated rings. The van der Waals surface area contributed by atoms with Gasteiger partial charge in [0.1, 0.15) is 5.82 Å². The molecule has 9 heteroatoms. The van der Waals surface area contributed by atoms with Gasteiger partial charge >= 0.3 is 12.2 Å². The molecule has 1 spiro atoms. The van der Waals surface area contributed by atoms with Gasteiger partial charge in [0.15, 0.2) is 0 Å². The number of alkyl halides is 3. The number of urea groups is 1. The average Bonchev–Trinajstić information content (AvgIpc) is 3.28. The Bertz CT molecular complexity index is 1340. The number of aromatic nitrogens is 2. The second kappa shape index (κ2) is 7.71. The Morgan fingerprint density at radius 1 is 1.22 bits per heavy atom. The van der Waals surface area contributed by atoms with Crippen molar-refractivity contribution in [1.82, 2.24) is 20.4 Å². The molecule has 4 aliphatic carbocycles. The molecule has 196 valence electrons. The van der Waals surface area contributed by atoms with Crippen LogP contribution in [0.25, 0.3) is 11.8 Å². The number of hydrogen-bond acceptors (Lipinski definition) is 2. The maximum atomic E-state index is 14.3. The highest BCUT2D eigenvalue weighted by molar-refractivity contribution is 5.77. The van der Waals surface area contributed by atoms with Crippen molar-refractivity contribution in [2.75, 3.05) is 0 Å². The van der Waals surface area contributed by atoms with Crippen molar-refractivity contribution in [3.05, 3.63) is 64.8 Å². The van der Waals surface area contributed by atoms with E-state index >= 15 is 0 Å². The molecule has 4 aliphatic rings. The van der Waals surface area contributed by atoms with Crippen molar-refractivity contribution in [2.45, 2.75) is 70.6 Å². The first-order valence-electron chi connectivity index (χ1n) is 12.8. The summed E-state index contributed by atoms with van der Waals surface area (Å²) in [6.07, 6.45) is 3.28. The van der Waals surface area contributed by atoms with E-state index in [1.165, 1.54) is 17.7 Å². The Hall–Kier alpha value is -3.10. The van der Waals surface area contributed by atoms with Crippen LogP contribution in [-0.4, -0.2) is 33.6 Å². The molecule has 0 radical (unpaired) electrons. The van der Waals surface area contributed by atoms with Gasteiger partial charge in [-0.05, 0) is 81.9 Å². The minimum atomic E-state index is -4.41. The molecule has 4 atom stereocenters. The van der Waals surface area contributed by atoms with Crippen LogP contribution in [0.15, 0.2) is 47.7 Å². The number of rotatable bonds is 3. The van der Waals surface area contributed by atoms with E-state index in [1.807, 2.05) is 6.08 Å². The summed E-state index contributed by atoms with van der Waals surface area (Å²) in [5.74, 6) is -1.94. The zero-order valence-electron chi connectivity index (χ0n) is 21.0. The molecule has 1 aromatic heterocycles. The van der Waals surface area contributed by atoms with Crippen molar-refractivity contribution in [1.29, 1.82) is 0 Å². The first-order chi connectivity index (χ1) is 17.4.